The van der Waals surface area contributed by atoms with Gasteiger partial charge in [-0.1, -0.05) is 41.7 Å². The molecular weight excluding hydrogens is 358 g/mol. The van der Waals surface area contributed by atoms with E-state index in [1.807, 2.05) is 59.5 Å². The molecule has 6 heteroatoms. The average molecular weight is 379 g/mol. The van der Waals surface area contributed by atoms with E-state index < -0.39 is 0 Å². The molecule has 1 fully saturated rings. The van der Waals surface area contributed by atoms with E-state index in [1.165, 1.54) is 0 Å². The lowest BCUT2D eigenvalue weighted by atomic mass is 10.2. The Kier molecular flexibility index (Phi) is 5.07. The summed E-state index contributed by atoms with van der Waals surface area (Å²) in [5, 5.41) is 1.00. The molecule has 1 aromatic heterocycles. The van der Waals surface area contributed by atoms with Gasteiger partial charge in [0.2, 0.25) is 5.91 Å². The van der Waals surface area contributed by atoms with Crippen LogP contribution in [0.2, 0.25) is 0 Å². The average Bonchev–Trinajstić information content (AvgIpc) is 3.16. The van der Waals surface area contributed by atoms with Crippen molar-refractivity contribution in [1.82, 2.24) is 9.88 Å². The van der Waals surface area contributed by atoms with Gasteiger partial charge < -0.3 is 14.5 Å². The first kappa shape index (κ1) is 17.5. The number of rotatable bonds is 4. The number of ether oxygens (including phenoxy) is 1. The zero-order valence-electron chi connectivity index (χ0n) is 15.2. The number of hydrogen-bond donors (Lipinski definition) is 0. The highest BCUT2D eigenvalue weighted by molar-refractivity contribution is 7.22. The zero-order chi connectivity index (χ0) is 18.6. The highest BCUT2D eigenvalue weighted by atomic mass is 32.1. The molecule has 0 spiro atoms. The Morgan fingerprint density at radius 1 is 1.11 bits per heavy atom. The lowest BCUT2D eigenvalue weighted by molar-refractivity contribution is -0.126. The van der Waals surface area contributed by atoms with Crippen molar-refractivity contribution in [2.24, 2.45) is 0 Å². The van der Waals surface area contributed by atoms with Crippen molar-refractivity contribution in [3.8, 4) is 5.75 Å². The lowest BCUT2D eigenvalue weighted by Gasteiger charge is -2.34. The molecule has 1 aliphatic heterocycles. The first-order valence-electron chi connectivity index (χ1n) is 8.94. The van der Waals surface area contributed by atoms with E-state index in [-0.39, 0.29) is 5.91 Å². The maximum Gasteiger partial charge on any atom is 0.246 e. The van der Waals surface area contributed by atoms with Crippen molar-refractivity contribution >= 4 is 38.7 Å². The van der Waals surface area contributed by atoms with Crippen molar-refractivity contribution in [3.63, 3.8) is 0 Å². The molecule has 2 heterocycles. The predicted molar refractivity (Wildman–Crippen MR) is 110 cm³/mol. The van der Waals surface area contributed by atoms with Crippen LogP contribution >= 0.6 is 11.3 Å². The van der Waals surface area contributed by atoms with Gasteiger partial charge in [0.05, 0.1) is 17.3 Å². The van der Waals surface area contributed by atoms with Crippen LogP contribution in [0.5, 0.6) is 5.75 Å². The number of thiazole rings is 1. The van der Waals surface area contributed by atoms with Crippen molar-refractivity contribution < 1.29 is 9.53 Å². The number of methoxy groups -OCH3 is 1. The molecule has 1 saturated heterocycles. The number of aromatic nitrogens is 1. The number of nitrogens with zero attached hydrogens (tertiary/aromatic N) is 3. The smallest absolute Gasteiger partial charge is 0.246 e. The van der Waals surface area contributed by atoms with Gasteiger partial charge >= 0.3 is 0 Å². The summed E-state index contributed by atoms with van der Waals surface area (Å²) >= 11 is 1.67. The van der Waals surface area contributed by atoms with Crippen molar-refractivity contribution in [1.29, 1.82) is 0 Å². The fourth-order valence-corrected chi connectivity index (χ4v) is 4.16. The van der Waals surface area contributed by atoms with Gasteiger partial charge in [0, 0.05) is 32.3 Å². The Hall–Kier alpha value is -2.86. The quantitative estimate of drug-likeness (QED) is 0.649. The summed E-state index contributed by atoms with van der Waals surface area (Å²) in [6, 6.07) is 15.8. The Bertz CT molecular complexity index is 960. The second-order valence-corrected chi connectivity index (χ2v) is 7.40. The molecule has 0 atom stereocenters. The number of piperazine rings is 1. The summed E-state index contributed by atoms with van der Waals surface area (Å²) in [5.41, 5.74) is 2.02. The molecule has 5 nitrogen and oxygen atoms in total. The Balaban J connectivity index is 1.38. The molecule has 4 rings (SSSR count). The van der Waals surface area contributed by atoms with Crippen LogP contribution in [0.4, 0.5) is 5.13 Å². The second kappa shape index (κ2) is 7.80. The van der Waals surface area contributed by atoms with Crippen LogP contribution in [-0.4, -0.2) is 49.1 Å². The number of hydrogen-bond acceptors (Lipinski definition) is 5. The molecule has 138 valence electrons. The molecule has 0 bridgehead atoms. The zero-order valence-corrected chi connectivity index (χ0v) is 16.0. The topological polar surface area (TPSA) is 45.7 Å². The van der Waals surface area contributed by atoms with Gasteiger partial charge in [-0.15, -0.1) is 0 Å². The van der Waals surface area contributed by atoms with Gasteiger partial charge in [-0.3, -0.25) is 4.79 Å². The summed E-state index contributed by atoms with van der Waals surface area (Å²) in [6.45, 7) is 3.00. The first-order chi connectivity index (χ1) is 13.2. The van der Waals surface area contributed by atoms with E-state index in [9.17, 15) is 4.79 Å². The standard InChI is InChI=1S/C21H21N3O2S/c1-26-17-8-9-18-19(15-17)27-21(22-18)24-13-11-23(12-14-24)20(25)10-7-16-5-3-2-4-6-16/h2-10,15H,11-14H2,1H3/b10-7+. The van der Waals surface area contributed by atoms with Crippen LogP contribution < -0.4 is 9.64 Å². The predicted octanol–water partition coefficient (Wildman–Crippen LogP) is 3.67. The van der Waals surface area contributed by atoms with E-state index in [0.29, 0.717) is 13.1 Å². The summed E-state index contributed by atoms with van der Waals surface area (Å²) < 4.78 is 6.41. The molecule has 1 amide bonds. The van der Waals surface area contributed by atoms with Gasteiger partial charge in [0.1, 0.15) is 5.75 Å². The van der Waals surface area contributed by atoms with Crippen LogP contribution in [0.25, 0.3) is 16.3 Å². The van der Waals surface area contributed by atoms with Crippen LogP contribution in [0.3, 0.4) is 0 Å². The minimum Gasteiger partial charge on any atom is -0.497 e. The van der Waals surface area contributed by atoms with Gasteiger partial charge in [-0.2, -0.15) is 0 Å². The highest BCUT2D eigenvalue weighted by Crippen LogP contribution is 2.31. The van der Waals surface area contributed by atoms with E-state index >= 15 is 0 Å². The Labute approximate surface area is 162 Å². The van der Waals surface area contributed by atoms with Crippen LogP contribution in [-0.2, 0) is 4.79 Å². The molecule has 2 aromatic carbocycles. The summed E-state index contributed by atoms with van der Waals surface area (Å²) in [4.78, 5) is 21.3. The number of fused-ring (bicyclic) bond motifs is 1. The van der Waals surface area contributed by atoms with Crippen molar-refractivity contribution in [2.75, 3.05) is 38.2 Å². The van der Waals surface area contributed by atoms with Crippen LogP contribution in [0.1, 0.15) is 5.56 Å². The van der Waals surface area contributed by atoms with Gasteiger partial charge in [0.15, 0.2) is 5.13 Å². The summed E-state index contributed by atoms with van der Waals surface area (Å²) in [6.07, 6.45) is 3.53. The van der Waals surface area contributed by atoms with Gasteiger partial charge in [0.25, 0.3) is 0 Å². The molecule has 1 aliphatic rings. The molecule has 0 radical (unpaired) electrons. The fraction of sp³-hybridized carbons (Fsp3) is 0.238. The third-order valence-corrected chi connectivity index (χ3v) is 5.74. The number of amides is 1. The molecule has 0 N–H and O–H groups in total. The minimum absolute atomic E-state index is 0.0625. The maximum absolute atomic E-state index is 12.4. The molecule has 3 aromatic rings. The van der Waals surface area contributed by atoms with E-state index in [2.05, 4.69) is 4.90 Å². The molecule has 0 unspecified atom stereocenters. The monoisotopic (exact) mass is 379 g/mol. The third kappa shape index (κ3) is 3.95. The molecule has 0 aliphatic carbocycles. The van der Waals surface area contributed by atoms with Crippen molar-refractivity contribution in [2.45, 2.75) is 0 Å². The van der Waals surface area contributed by atoms with E-state index in [1.54, 1.807) is 24.5 Å². The van der Waals surface area contributed by atoms with Crippen LogP contribution in [0, 0.1) is 0 Å². The largest absolute Gasteiger partial charge is 0.497 e. The second-order valence-electron chi connectivity index (χ2n) is 6.39. The van der Waals surface area contributed by atoms with Gasteiger partial charge in [-0.25, -0.2) is 4.98 Å². The first-order valence-corrected chi connectivity index (χ1v) is 9.76. The Morgan fingerprint density at radius 2 is 1.89 bits per heavy atom. The summed E-state index contributed by atoms with van der Waals surface area (Å²) in [5.74, 6) is 0.908. The number of benzene rings is 2. The summed E-state index contributed by atoms with van der Waals surface area (Å²) in [7, 11) is 1.67. The minimum atomic E-state index is 0.0625. The van der Waals surface area contributed by atoms with Gasteiger partial charge in [-0.05, 0) is 29.8 Å². The third-order valence-electron chi connectivity index (χ3n) is 4.66. The number of anilines is 1. The molecule has 0 saturated carbocycles. The number of carbonyl (C=O) groups excluding carboxylic acids is 1. The fourth-order valence-electron chi connectivity index (χ4n) is 3.11. The number of carbonyl (C=O) groups is 1. The maximum atomic E-state index is 12.4. The normalized spacial score (nSPS) is 14.9. The van der Waals surface area contributed by atoms with Crippen molar-refractivity contribution in [3.05, 3.63) is 60.2 Å². The molecular formula is C21H21N3O2S. The SMILES string of the molecule is COc1ccc2nc(N3CCN(C(=O)/C=C/c4ccccc4)CC3)sc2c1. The highest BCUT2D eigenvalue weighted by Gasteiger charge is 2.22. The molecule has 27 heavy (non-hydrogen) atoms. The van der Waals surface area contributed by atoms with E-state index in [0.717, 1.165) is 39.8 Å². The van der Waals surface area contributed by atoms with E-state index in [4.69, 9.17) is 9.72 Å². The Morgan fingerprint density at radius 3 is 2.63 bits per heavy atom. The lowest BCUT2D eigenvalue weighted by Crippen LogP contribution is -2.48. The van der Waals surface area contributed by atoms with Crippen LogP contribution in [0.15, 0.2) is 54.6 Å².